The maximum Gasteiger partial charge on any atom is 0.187 e. The van der Waals surface area contributed by atoms with Gasteiger partial charge in [-0.1, -0.05) is 0 Å². The zero-order valence-electron chi connectivity index (χ0n) is 29.2. The van der Waals surface area contributed by atoms with Gasteiger partial charge in [0.05, 0.1) is 33.0 Å². The molecule has 5 aliphatic rings. The molecule has 5 saturated heterocycles. The molecular formula is C30H52O26. The van der Waals surface area contributed by atoms with Gasteiger partial charge in [0.15, 0.2) is 31.5 Å². The third kappa shape index (κ3) is 9.46. The summed E-state index contributed by atoms with van der Waals surface area (Å²) in [6.45, 7) is -4.17. The SMILES string of the molecule is OC[C@H]1O[C@H](O[C@@H]2[C@H](O)[C@@H](O)[C@H](OC[C@H]3O[C@@H](OC[C@H]4O[C@@H](O)[C@H](O)[C@@H](O)[C@H]4O)[C@H](O)[C@@H](O)[C@H]3O[C@H]3O[C@H](CO)[C@@H](O)[C@H](O)[C@H]3O)O[C@@H]2CO)[C@H](O)[C@@H](O)[C@@H]1O. The van der Waals surface area contributed by atoms with E-state index in [1.807, 2.05) is 0 Å². The van der Waals surface area contributed by atoms with Crippen molar-refractivity contribution in [2.45, 2.75) is 154 Å². The highest BCUT2D eigenvalue weighted by molar-refractivity contribution is 4.97. The van der Waals surface area contributed by atoms with E-state index in [0.29, 0.717) is 0 Å². The average Bonchev–Trinajstić information content (AvgIpc) is 3.18. The molecule has 25 atom stereocenters. The van der Waals surface area contributed by atoms with E-state index in [0.717, 1.165) is 0 Å². The minimum absolute atomic E-state index is 0.743. The monoisotopic (exact) mass is 828 g/mol. The summed E-state index contributed by atoms with van der Waals surface area (Å²) in [6.07, 6.45) is -45.5. The van der Waals surface area contributed by atoms with Crippen LogP contribution >= 0.6 is 0 Å². The Morgan fingerprint density at radius 3 is 1.09 bits per heavy atom. The van der Waals surface area contributed by atoms with Crippen LogP contribution in [0.3, 0.4) is 0 Å². The molecule has 0 saturated carbocycles. The molecule has 17 N–H and O–H groups in total. The van der Waals surface area contributed by atoms with Crippen molar-refractivity contribution in [1.82, 2.24) is 0 Å². The molecule has 328 valence electrons. The maximum atomic E-state index is 11.2. The van der Waals surface area contributed by atoms with E-state index >= 15 is 0 Å². The fourth-order valence-electron chi connectivity index (χ4n) is 6.82. The summed E-state index contributed by atoms with van der Waals surface area (Å²) in [4.78, 5) is 0. The standard InChI is InChI=1S/C30H52O26/c31-1-6-11(34)15(38)20(43)29(51-6)55-24-8(3-33)53-27(22(45)17(24)40)49-5-10-25(56-30-21(44)16(39)12(35)7(2-32)52-30)18(41)23(46)28(54-10)48-4-9-13(36)14(37)19(42)26(47)50-9/h6-47H,1-5H2/t6-,7-,8-,9-,10-,11-,12-,13+,14+,15+,16+,17-,18-,19-,20-,21-,22-,23-,24+,25+,26-,27-,28-,29-,30-/m1/s1. The number of aliphatic hydroxyl groups excluding tert-OH is 17. The maximum absolute atomic E-state index is 11.2. The van der Waals surface area contributed by atoms with Crippen molar-refractivity contribution in [3.63, 3.8) is 0 Å². The number of hydrogen-bond donors (Lipinski definition) is 17. The number of hydrogen-bond acceptors (Lipinski definition) is 26. The van der Waals surface area contributed by atoms with Crippen LogP contribution in [-0.4, -0.2) is 273 Å². The second-order valence-electron chi connectivity index (χ2n) is 14.0. The third-order valence-corrected chi connectivity index (χ3v) is 10.3. The summed E-state index contributed by atoms with van der Waals surface area (Å²) in [6, 6.07) is 0. The van der Waals surface area contributed by atoms with Crippen molar-refractivity contribution in [1.29, 1.82) is 0 Å². The van der Waals surface area contributed by atoms with Gasteiger partial charge in [-0.2, -0.15) is 0 Å². The average molecular weight is 829 g/mol. The summed E-state index contributed by atoms with van der Waals surface area (Å²) in [5.41, 5.74) is 0. The minimum atomic E-state index is -2.06. The Kier molecular flexibility index (Phi) is 16.1. The molecule has 5 rings (SSSR count). The summed E-state index contributed by atoms with van der Waals surface area (Å²) in [7, 11) is 0. The molecule has 0 aromatic carbocycles. The van der Waals surface area contributed by atoms with Gasteiger partial charge in [0, 0.05) is 0 Å². The van der Waals surface area contributed by atoms with Crippen molar-refractivity contribution in [3.05, 3.63) is 0 Å². The van der Waals surface area contributed by atoms with Crippen LogP contribution in [0.25, 0.3) is 0 Å². The molecule has 0 radical (unpaired) electrons. The predicted octanol–water partition coefficient (Wildman–Crippen LogP) is -11.9. The molecule has 26 nitrogen and oxygen atoms in total. The molecule has 0 bridgehead atoms. The van der Waals surface area contributed by atoms with E-state index in [1.54, 1.807) is 0 Å². The van der Waals surface area contributed by atoms with Crippen LogP contribution in [-0.2, 0) is 42.6 Å². The molecule has 5 aliphatic heterocycles. The zero-order valence-corrected chi connectivity index (χ0v) is 29.2. The van der Waals surface area contributed by atoms with Crippen LogP contribution < -0.4 is 0 Å². The summed E-state index contributed by atoms with van der Waals surface area (Å²) in [5, 5.41) is 175. The summed E-state index contributed by atoms with van der Waals surface area (Å²) < 4.78 is 49.3. The first kappa shape index (κ1) is 46.0. The Labute approximate surface area is 316 Å². The Morgan fingerprint density at radius 1 is 0.304 bits per heavy atom. The molecule has 0 aromatic rings. The lowest BCUT2D eigenvalue weighted by Gasteiger charge is -2.47. The lowest BCUT2D eigenvalue weighted by molar-refractivity contribution is -0.377. The van der Waals surface area contributed by atoms with Crippen LogP contribution in [0.5, 0.6) is 0 Å². The Bertz CT molecular complexity index is 1200. The van der Waals surface area contributed by atoms with Crippen LogP contribution in [0, 0.1) is 0 Å². The highest BCUT2D eigenvalue weighted by Crippen LogP contribution is 2.33. The smallest absolute Gasteiger partial charge is 0.187 e. The van der Waals surface area contributed by atoms with E-state index in [9.17, 15) is 86.8 Å². The van der Waals surface area contributed by atoms with Gasteiger partial charge < -0.3 is 129 Å². The van der Waals surface area contributed by atoms with Crippen molar-refractivity contribution >= 4 is 0 Å². The molecule has 5 fully saturated rings. The van der Waals surface area contributed by atoms with Gasteiger partial charge in [0.25, 0.3) is 0 Å². The molecule has 26 heteroatoms. The van der Waals surface area contributed by atoms with Crippen LogP contribution in [0.4, 0.5) is 0 Å². The van der Waals surface area contributed by atoms with Gasteiger partial charge in [-0.15, -0.1) is 0 Å². The van der Waals surface area contributed by atoms with E-state index in [2.05, 4.69) is 0 Å². The second kappa shape index (κ2) is 19.6. The second-order valence-corrected chi connectivity index (χ2v) is 14.0. The topological polar surface area (TPSA) is 427 Å². The number of aliphatic hydroxyl groups is 17. The molecule has 0 aliphatic carbocycles. The van der Waals surface area contributed by atoms with E-state index in [-0.39, 0.29) is 0 Å². The van der Waals surface area contributed by atoms with Crippen LogP contribution in [0.2, 0.25) is 0 Å². The number of ether oxygens (including phenoxy) is 9. The third-order valence-electron chi connectivity index (χ3n) is 10.3. The van der Waals surface area contributed by atoms with Crippen LogP contribution in [0.1, 0.15) is 0 Å². The molecule has 56 heavy (non-hydrogen) atoms. The highest BCUT2D eigenvalue weighted by atomic mass is 16.8. The fourth-order valence-corrected chi connectivity index (χ4v) is 6.82. The molecule has 0 amide bonds. The van der Waals surface area contributed by atoms with Gasteiger partial charge >= 0.3 is 0 Å². The predicted molar refractivity (Wildman–Crippen MR) is 167 cm³/mol. The van der Waals surface area contributed by atoms with Crippen molar-refractivity contribution in [2.75, 3.05) is 33.0 Å². The van der Waals surface area contributed by atoms with E-state index in [4.69, 9.17) is 42.6 Å². The van der Waals surface area contributed by atoms with Gasteiger partial charge in [0.2, 0.25) is 0 Å². The quantitative estimate of drug-likeness (QED) is 0.0819. The van der Waals surface area contributed by atoms with Gasteiger partial charge in [-0.3, -0.25) is 0 Å². The first-order valence-electron chi connectivity index (χ1n) is 17.6. The van der Waals surface area contributed by atoms with Gasteiger partial charge in [0.1, 0.15) is 122 Å². The largest absolute Gasteiger partial charge is 0.394 e. The van der Waals surface area contributed by atoms with E-state index in [1.165, 1.54) is 0 Å². The Morgan fingerprint density at radius 2 is 0.643 bits per heavy atom. The number of rotatable bonds is 13. The minimum Gasteiger partial charge on any atom is -0.394 e. The lowest BCUT2D eigenvalue weighted by Crippen LogP contribution is -2.66. The van der Waals surface area contributed by atoms with Crippen molar-refractivity contribution in [3.8, 4) is 0 Å². The molecule has 5 heterocycles. The highest BCUT2D eigenvalue weighted by Gasteiger charge is 2.54. The first-order chi connectivity index (χ1) is 26.4. The normalized spacial score (nSPS) is 53.2. The lowest BCUT2D eigenvalue weighted by atomic mass is 9.96. The Hall–Kier alpha value is -1.04. The first-order valence-corrected chi connectivity index (χ1v) is 17.6. The fraction of sp³-hybridized carbons (Fsp3) is 1.00. The molecule has 0 unspecified atom stereocenters. The van der Waals surface area contributed by atoms with E-state index < -0.39 is 187 Å². The molecule has 0 spiro atoms. The zero-order chi connectivity index (χ0) is 41.3. The van der Waals surface area contributed by atoms with Crippen molar-refractivity contribution < 1.29 is 129 Å². The summed E-state index contributed by atoms with van der Waals surface area (Å²) >= 11 is 0. The summed E-state index contributed by atoms with van der Waals surface area (Å²) in [5.74, 6) is 0. The Balaban J connectivity index is 1.31. The molecular weight excluding hydrogens is 776 g/mol. The van der Waals surface area contributed by atoms with Crippen LogP contribution in [0.15, 0.2) is 0 Å². The molecule has 0 aromatic heterocycles. The van der Waals surface area contributed by atoms with Crippen molar-refractivity contribution in [2.24, 2.45) is 0 Å². The van der Waals surface area contributed by atoms with Gasteiger partial charge in [-0.25, -0.2) is 0 Å². The van der Waals surface area contributed by atoms with Gasteiger partial charge in [-0.05, 0) is 0 Å².